The lowest BCUT2D eigenvalue weighted by Crippen LogP contribution is -2.16. The number of carbonyl (C=O) groups excluding carboxylic acids is 1. The van der Waals surface area contributed by atoms with Crippen molar-refractivity contribution in [3.8, 4) is 11.5 Å². The Labute approximate surface area is 183 Å². The number of rotatable bonds is 5. The van der Waals surface area contributed by atoms with Crippen LogP contribution in [0.5, 0.6) is 0 Å². The standard InChI is InChI=1S/C22H23N7OS/c1-13-18(29-10-2-5-16(19(23)30)22(29)26-13)21-27-17-7-9-24-8-6-15(17)20(28-21)25-12-14-4-3-11-31-14/h2-5,10-11,24H,6-9,12H2,1H3,(H2,23,30)(H,25,27,28). The summed E-state index contributed by atoms with van der Waals surface area (Å²) in [5.74, 6) is 0.952. The zero-order valence-corrected chi connectivity index (χ0v) is 18.0. The maximum Gasteiger partial charge on any atom is 0.252 e. The molecule has 0 saturated carbocycles. The maximum atomic E-state index is 11.9. The van der Waals surface area contributed by atoms with Crippen LogP contribution in [0.1, 0.15) is 32.2 Å². The summed E-state index contributed by atoms with van der Waals surface area (Å²) in [6.07, 6.45) is 3.58. The zero-order chi connectivity index (χ0) is 21.4. The van der Waals surface area contributed by atoms with E-state index in [4.69, 9.17) is 15.7 Å². The Morgan fingerprint density at radius 3 is 2.90 bits per heavy atom. The van der Waals surface area contributed by atoms with Crippen LogP contribution in [0.3, 0.4) is 0 Å². The molecule has 5 rings (SSSR count). The number of aromatic nitrogens is 4. The summed E-state index contributed by atoms with van der Waals surface area (Å²) in [5, 5.41) is 9.05. The normalized spacial score (nSPS) is 13.7. The van der Waals surface area contributed by atoms with E-state index in [1.165, 1.54) is 4.88 Å². The molecule has 8 nitrogen and oxygen atoms in total. The first-order valence-electron chi connectivity index (χ1n) is 10.3. The zero-order valence-electron chi connectivity index (χ0n) is 17.2. The average molecular weight is 434 g/mol. The topological polar surface area (TPSA) is 110 Å². The lowest BCUT2D eigenvalue weighted by atomic mass is 10.1. The van der Waals surface area contributed by atoms with E-state index < -0.39 is 5.91 Å². The van der Waals surface area contributed by atoms with Gasteiger partial charge in [-0.3, -0.25) is 9.20 Å². The van der Waals surface area contributed by atoms with Gasteiger partial charge in [0.15, 0.2) is 5.82 Å². The van der Waals surface area contributed by atoms with E-state index in [0.717, 1.165) is 54.4 Å². The largest absolute Gasteiger partial charge is 0.365 e. The Hall–Kier alpha value is -3.30. The third kappa shape index (κ3) is 3.66. The highest BCUT2D eigenvalue weighted by molar-refractivity contribution is 7.09. The number of pyridine rings is 1. The molecule has 4 aromatic rings. The number of nitrogens with one attached hydrogen (secondary N) is 2. The van der Waals surface area contributed by atoms with E-state index in [1.807, 2.05) is 17.5 Å². The van der Waals surface area contributed by atoms with Crippen LogP contribution in [-0.4, -0.2) is 38.3 Å². The number of thiophene rings is 1. The molecular formula is C22H23N7OS. The summed E-state index contributed by atoms with van der Waals surface area (Å²) in [6, 6.07) is 7.64. The first kappa shape index (κ1) is 19.7. The summed E-state index contributed by atoms with van der Waals surface area (Å²) < 4.78 is 1.86. The Morgan fingerprint density at radius 1 is 1.23 bits per heavy atom. The summed E-state index contributed by atoms with van der Waals surface area (Å²) in [7, 11) is 0. The summed E-state index contributed by atoms with van der Waals surface area (Å²) in [4.78, 5) is 27.6. The Bertz CT molecular complexity index is 1260. The van der Waals surface area contributed by atoms with Crippen molar-refractivity contribution in [2.24, 2.45) is 5.73 Å². The summed E-state index contributed by atoms with van der Waals surface area (Å²) in [5.41, 5.74) is 10.2. The van der Waals surface area contributed by atoms with Crippen LogP contribution in [0.25, 0.3) is 17.2 Å². The van der Waals surface area contributed by atoms with Gasteiger partial charge in [0.1, 0.15) is 17.2 Å². The monoisotopic (exact) mass is 433 g/mol. The van der Waals surface area contributed by atoms with Gasteiger partial charge in [-0.05, 0) is 43.5 Å². The van der Waals surface area contributed by atoms with E-state index in [2.05, 4.69) is 33.1 Å². The van der Waals surface area contributed by atoms with Gasteiger partial charge < -0.3 is 16.4 Å². The second-order valence-electron chi connectivity index (χ2n) is 7.53. The SMILES string of the molecule is Cc1nc2c(C(N)=O)cccn2c1-c1nc2c(c(NCc3cccs3)n1)CCNCC2. The van der Waals surface area contributed by atoms with Crippen molar-refractivity contribution in [1.82, 2.24) is 24.7 Å². The van der Waals surface area contributed by atoms with Crippen LogP contribution in [-0.2, 0) is 19.4 Å². The van der Waals surface area contributed by atoms with Gasteiger partial charge in [-0.2, -0.15) is 0 Å². The van der Waals surface area contributed by atoms with Gasteiger partial charge in [0.2, 0.25) is 0 Å². The Balaban J connectivity index is 1.65. The molecule has 0 atom stereocenters. The first-order valence-corrected chi connectivity index (χ1v) is 11.1. The molecule has 0 unspecified atom stereocenters. The van der Waals surface area contributed by atoms with E-state index in [0.29, 0.717) is 23.6 Å². The van der Waals surface area contributed by atoms with Gasteiger partial charge in [-0.1, -0.05) is 6.07 Å². The number of aryl methyl sites for hydroxylation is 1. The number of hydrogen-bond donors (Lipinski definition) is 3. The fraction of sp³-hybridized carbons (Fsp3) is 0.273. The number of hydrogen-bond acceptors (Lipinski definition) is 7. The van der Waals surface area contributed by atoms with Crippen molar-refractivity contribution in [2.75, 3.05) is 18.4 Å². The molecule has 1 aliphatic heterocycles. The van der Waals surface area contributed by atoms with Crippen molar-refractivity contribution in [3.05, 3.63) is 63.2 Å². The number of amides is 1. The number of nitrogens with zero attached hydrogens (tertiary/aromatic N) is 4. The molecule has 1 amide bonds. The van der Waals surface area contributed by atoms with E-state index in [9.17, 15) is 4.79 Å². The molecule has 31 heavy (non-hydrogen) atoms. The van der Waals surface area contributed by atoms with Gasteiger partial charge in [0.25, 0.3) is 5.91 Å². The average Bonchev–Trinajstić information content (AvgIpc) is 3.32. The Morgan fingerprint density at radius 2 is 2.10 bits per heavy atom. The second kappa shape index (κ2) is 8.09. The molecule has 0 aliphatic carbocycles. The minimum absolute atomic E-state index is 0.381. The molecule has 9 heteroatoms. The molecule has 0 spiro atoms. The van der Waals surface area contributed by atoms with Gasteiger partial charge in [-0.25, -0.2) is 15.0 Å². The van der Waals surface area contributed by atoms with Crippen LogP contribution in [0.4, 0.5) is 5.82 Å². The highest BCUT2D eigenvalue weighted by atomic mass is 32.1. The molecule has 158 valence electrons. The van der Waals surface area contributed by atoms with Crippen molar-refractivity contribution >= 4 is 28.7 Å². The predicted molar refractivity (Wildman–Crippen MR) is 121 cm³/mol. The van der Waals surface area contributed by atoms with Gasteiger partial charge >= 0.3 is 0 Å². The van der Waals surface area contributed by atoms with E-state index in [-0.39, 0.29) is 0 Å². The van der Waals surface area contributed by atoms with Gasteiger partial charge in [0.05, 0.1) is 23.5 Å². The molecule has 0 radical (unpaired) electrons. The number of primary amides is 1. The van der Waals surface area contributed by atoms with Crippen molar-refractivity contribution in [1.29, 1.82) is 0 Å². The van der Waals surface area contributed by atoms with E-state index >= 15 is 0 Å². The van der Waals surface area contributed by atoms with Crippen LogP contribution < -0.4 is 16.4 Å². The second-order valence-corrected chi connectivity index (χ2v) is 8.56. The quantitative estimate of drug-likeness (QED) is 0.446. The van der Waals surface area contributed by atoms with Gasteiger partial charge in [-0.15, -0.1) is 11.3 Å². The first-order chi connectivity index (χ1) is 15.1. The lowest BCUT2D eigenvalue weighted by Gasteiger charge is -2.15. The molecule has 0 bridgehead atoms. The lowest BCUT2D eigenvalue weighted by molar-refractivity contribution is 0.100. The number of anilines is 1. The predicted octanol–water partition coefficient (Wildman–Crippen LogP) is 2.56. The van der Waals surface area contributed by atoms with Crippen LogP contribution in [0.15, 0.2) is 35.8 Å². The Kier molecular flexibility index (Phi) is 5.13. The highest BCUT2D eigenvalue weighted by Crippen LogP contribution is 2.28. The van der Waals surface area contributed by atoms with Crippen LogP contribution in [0, 0.1) is 6.92 Å². The van der Waals surface area contributed by atoms with Gasteiger partial charge in [0, 0.05) is 29.6 Å². The fourth-order valence-corrected chi connectivity index (χ4v) is 4.67. The molecule has 4 aromatic heterocycles. The molecule has 0 saturated heterocycles. The highest BCUT2D eigenvalue weighted by Gasteiger charge is 2.22. The number of fused-ring (bicyclic) bond motifs is 2. The molecular weight excluding hydrogens is 410 g/mol. The number of nitrogens with two attached hydrogens (primary N) is 1. The molecule has 0 aromatic carbocycles. The fourth-order valence-electron chi connectivity index (χ4n) is 4.02. The van der Waals surface area contributed by atoms with Crippen molar-refractivity contribution in [2.45, 2.75) is 26.3 Å². The maximum absolute atomic E-state index is 11.9. The summed E-state index contributed by atoms with van der Waals surface area (Å²) >= 11 is 1.72. The summed E-state index contributed by atoms with van der Waals surface area (Å²) in [6.45, 7) is 4.40. The molecule has 1 aliphatic rings. The molecule has 0 fully saturated rings. The van der Waals surface area contributed by atoms with Crippen LogP contribution >= 0.6 is 11.3 Å². The minimum Gasteiger partial charge on any atom is -0.365 e. The van der Waals surface area contributed by atoms with E-state index in [1.54, 1.807) is 23.5 Å². The van der Waals surface area contributed by atoms with Crippen LogP contribution in [0.2, 0.25) is 0 Å². The number of carbonyl (C=O) groups is 1. The third-order valence-electron chi connectivity index (χ3n) is 5.49. The molecule has 5 heterocycles. The van der Waals surface area contributed by atoms with Crippen molar-refractivity contribution in [3.63, 3.8) is 0 Å². The minimum atomic E-state index is -0.505. The smallest absolute Gasteiger partial charge is 0.252 e. The number of imidazole rings is 1. The third-order valence-corrected chi connectivity index (χ3v) is 6.37. The van der Waals surface area contributed by atoms with Crippen molar-refractivity contribution < 1.29 is 4.79 Å². The molecule has 4 N–H and O–H groups in total.